The van der Waals surface area contributed by atoms with Crippen molar-refractivity contribution in [2.45, 2.75) is 13.8 Å². The van der Waals surface area contributed by atoms with Gasteiger partial charge in [-0.15, -0.1) is 12.1 Å². The quantitative estimate of drug-likeness (QED) is 0.134. The van der Waals surface area contributed by atoms with Gasteiger partial charge in [0.15, 0.2) is 0 Å². The van der Waals surface area contributed by atoms with Gasteiger partial charge in [0.25, 0.3) is 0 Å². The minimum Gasteiger partial charge on any atom is -0.497 e. The molecule has 9 rings (SSSR count). The van der Waals surface area contributed by atoms with Crippen molar-refractivity contribution in [3.05, 3.63) is 127 Å². The summed E-state index contributed by atoms with van der Waals surface area (Å²) in [5, 5.41) is 6.07. The van der Waals surface area contributed by atoms with Crippen LogP contribution in [0.1, 0.15) is 11.1 Å². The first kappa shape index (κ1) is 26.6. The van der Waals surface area contributed by atoms with E-state index >= 15 is 0 Å². The van der Waals surface area contributed by atoms with Crippen LogP contribution >= 0.6 is 0 Å². The van der Waals surface area contributed by atoms with Crippen LogP contribution in [0, 0.1) is 26.0 Å². The molecule has 0 spiro atoms. The van der Waals surface area contributed by atoms with Gasteiger partial charge < -0.3 is 13.5 Å². The van der Waals surface area contributed by atoms with E-state index in [0.29, 0.717) is 11.5 Å². The first-order chi connectivity index (χ1) is 21.1. The van der Waals surface area contributed by atoms with Gasteiger partial charge in [-0.25, -0.2) is 4.98 Å². The zero-order valence-corrected chi connectivity index (χ0v) is 26.0. The average molecular weight is 749 g/mol. The number of hydrogen-bond donors (Lipinski definition) is 0. The van der Waals surface area contributed by atoms with Crippen molar-refractivity contribution in [3.63, 3.8) is 0 Å². The number of fused-ring (bicyclic) bond motifs is 12. The van der Waals surface area contributed by atoms with Crippen LogP contribution in [0.25, 0.3) is 66.0 Å². The maximum absolute atomic E-state index is 6.37. The number of nitrogens with zero attached hydrogens (tertiary/aromatic N) is 5. The van der Waals surface area contributed by atoms with Crippen molar-refractivity contribution >= 4 is 54.8 Å². The summed E-state index contributed by atoms with van der Waals surface area (Å²) in [6.45, 7) is 4.26. The van der Waals surface area contributed by atoms with E-state index in [0.717, 1.165) is 60.5 Å². The van der Waals surface area contributed by atoms with E-state index in [1.807, 2.05) is 41.2 Å². The molecule has 0 aliphatic heterocycles. The molecule has 0 unspecified atom stereocenters. The maximum atomic E-state index is 6.37. The fourth-order valence-electron chi connectivity index (χ4n) is 6.44. The van der Waals surface area contributed by atoms with E-state index in [9.17, 15) is 0 Å². The Morgan fingerprint density at radius 1 is 0.591 bits per heavy atom. The zero-order valence-electron chi connectivity index (χ0n) is 23.8. The van der Waals surface area contributed by atoms with Gasteiger partial charge in [-0.1, -0.05) is 88.3 Å². The van der Waals surface area contributed by atoms with Gasteiger partial charge in [0.2, 0.25) is 0 Å². The summed E-state index contributed by atoms with van der Waals surface area (Å²) in [4.78, 5) is 14.5. The van der Waals surface area contributed by atoms with E-state index in [1.54, 1.807) is 6.20 Å². The largest absolute Gasteiger partial charge is 2.00 e. The van der Waals surface area contributed by atoms with Crippen LogP contribution in [0.2, 0.25) is 0 Å². The second kappa shape index (κ2) is 10.0. The third-order valence-electron chi connectivity index (χ3n) is 8.37. The molecular formula is C37H23N5OPt. The summed E-state index contributed by atoms with van der Waals surface area (Å²) in [5.74, 6) is 1.19. The molecule has 0 atom stereocenters. The molecule has 6 nitrogen and oxygen atoms in total. The Balaban J connectivity index is 0.00000289. The Kier molecular flexibility index (Phi) is 6.04. The van der Waals surface area contributed by atoms with Crippen molar-refractivity contribution < 1.29 is 25.8 Å². The third-order valence-corrected chi connectivity index (χ3v) is 8.37. The Morgan fingerprint density at radius 2 is 1.20 bits per heavy atom. The molecule has 212 valence electrons. The second-order valence-electron chi connectivity index (χ2n) is 10.9. The Morgan fingerprint density at radius 3 is 1.93 bits per heavy atom. The molecule has 5 heterocycles. The van der Waals surface area contributed by atoms with Gasteiger partial charge in [-0.05, 0) is 47.9 Å². The smallest absolute Gasteiger partial charge is 0.497 e. The number of benzene rings is 4. The van der Waals surface area contributed by atoms with Gasteiger partial charge in [0.1, 0.15) is 5.65 Å². The van der Waals surface area contributed by atoms with Crippen LogP contribution < -0.4 is 4.74 Å². The monoisotopic (exact) mass is 748 g/mol. The molecule has 0 aliphatic carbocycles. The molecule has 9 aromatic rings. The van der Waals surface area contributed by atoms with E-state index in [2.05, 4.69) is 96.0 Å². The van der Waals surface area contributed by atoms with E-state index in [-0.39, 0.29) is 21.1 Å². The van der Waals surface area contributed by atoms with E-state index in [4.69, 9.17) is 14.7 Å². The zero-order chi connectivity index (χ0) is 28.7. The summed E-state index contributed by atoms with van der Waals surface area (Å²) in [6, 6.07) is 34.0. The number of aryl methyl sites for hydroxylation is 2. The first-order valence-corrected chi connectivity index (χ1v) is 14.2. The van der Waals surface area contributed by atoms with Gasteiger partial charge in [-0.2, -0.15) is 0 Å². The van der Waals surface area contributed by atoms with Crippen LogP contribution in [-0.4, -0.2) is 23.8 Å². The van der Waals surface area contributed by atoms with Gasteiger partial charge in [0.05, 0.1) is 17.0 Å². The number of aromatic nitrogens is 5. The van der Waals surface area contributed by atoms with Gasteiger partial charge in [-0.3, -0.25) is 9.97 Å². The maximum Gasteiger partial charge on any atom is 2.00 e. The van der Waals surface area contributed by atoms with Crippen molar-refractivity contribution in [3.8, 4) is 22.8 Å². The fraction of sp³-hybridized carbons (Fsp3) is 0.0541. The van der Waals surface area contributed by atoms with Crippen LogP contribution in [0.5, 0.6) is 11.5 Å². The van der Waals surface area contributed by atoms with Crippen molar-refractivity contribution in [1.82, 2.24) is 23.8 Å². The Bertz CT molecular complexity index is 2560. The average Bonchev–Trinajstić information content (AvgIpc) is 3.73. The predicted molar refractivity (Wildman–Crippen MR) is 171 cm³/mol. The minimum absolute atomic E-state index is 0. The number of rotatable bonds is 3. The number of para-hydroxylation sites is 1. The van der Waals surface area contributed by atoms with Gasteiger partial charge >= 0.3 is 21.1 Å². The molecule has 7 heteroatoms. The number of ether oxygens (including phenoxy) is 1. The molecule has 0 amide bonds. The molecule has 5 aromatic heterocycles. The fourth-order valence-corrected chi connectivity index (χ4v) is 6.44. The van der Waals surface area contributed by atoms with Crippen molar-refractivity contribution in [1.29, 1.82) is 0 Å². The number of imidazole rings is 2. The number of hydrogen-bond acceptors (Lipinski definition) is 4. The molecule has 4 aromatic carbocycles. The second-order valence-corrected chi connectivity index (χ2v) is 10.9. The van der Waals surface area contributed by atoms with Crippen LogP contribution in [0.3, 0.4) is 0 Å². The Labute approximate surface area is 266 Å². The summed E-state index contributed by atoms with van der Waals surface area (Å²) in [6.07, 6.45) is 7.56. The van der Waals surface area contributed by atoms with Crippen LogP contribution in [0.15, 0.2) is 104 Å². The standard InChI is InChI=1S/C37H23N5O.Pt/c1-22-6-5-7-23(2)34(22)32-15-14-29-27-13-11-25(21-31(27)36-39-17-19-42(36)37(29)40-32)43-24-10-12-26-28-8-3-4-9-33(28)41-18-16-38-35(41)30(26)20-24;/h3-19H,1-2H3;/q-2;+2. The molecular weight excluding hydrogens is 726 g/mol. The summed E-state index contributed by atoms with van der Waals surface area (Å²) < 4.78 is 10.5. The molecule has 0 fully saturated rings. The molecule has 44 heavy (non-hydrogen) atoms. The van der Waals surface area contributed by atoms with Crippen molar-refractivity contribution in [2.24, 2.45) is 0 Å². The van der Waals surface area contributed by atoms with E-state index in [1.165, 1.54) is 16.7 Å². The number of pyridine rings is 3. The van der Waals surface area contributed by atoms with Crippen molar-refractivity contribution in [2.75, 3.05) is 0 Å². The Hall–Kier alpha value is -5.06. The summed E-state index contributed by atoms with van der Waals surface area (Å²) >= 11 is 0. The minimum atomic E-state index is 0. The van der Waals surface area contributed by atoms with E-state index < -0.39 is 0 Å². The topological polar surface area (TPSA) is 56.7 Å². The molecule has 0 aliphatic rings. The molecule has 0 saturated heterocycles. The van der Waals surface area contributed by atoms with Crippen LogP contribution in [0.4, 0.5) is 0 Å². The predicted octanol–water partition coefficient (Wildman–Crippen LogP) is 8.66. The van der Waals surface area contributed by atoms with Gasteiger partial charge in [0, 0.05) is 47.4 Å². The molecule has 0 N–H and O–H groups in total. The summed E-state index contributed by atoms with van der Waals surface area (Å²) in [7, 11) is 0. The van der Waals surface area contributed by atoms with Crippen LogP contribution in [-0.2, 0) is 21.1 Å². The first-order valence-electron chi connectivity index (χ1n) is 14.2. The molecule has 0 bridgehead atoms. The SMILES string of the molecule is Cc1cccc(C)c1-c1ccc2c3ccc(Oc4[c-]c5c(cc4)c4ccccc4n4ccnc54)[c-]c3c3nccn3c2n1.[Pt+2]. The summed E-state index contributed by atoms with van der Waals surface area (Å²) in [5.41, 5.74) is 8.13. The normalized spacial score (nSPS) is 11.7. The third kappa shape index (κ3) is 3.88. The molecule has 0 radical (unpaired) electrons. The molecule has 0 saturated carbocycles.